The van der Waals surface area contributed by atoms with Crippen molar-refractivity contribution < 1.29 is 9.53 Å². The molecule has 0 heterocycles. The summed E-state index contributed by atoms with van der Waals surface area (Å²) in [6, 6.07) is 19.4. The molecule has 3 aromatic rings. The van der Waals surface area contributed by atoms with Gasteiger partial charge in [-0.25, -0.2) is 4.79 Å². The van der Waals surface area contributed by atoms with Gasteiger partial charge in [0.15, 0.2) is 0 Å². The van der Waals surface area contributed by atoms with Gasteiger partial charge in [-0.2, -0.15) is 0 Å². The van der Waals surface area contributed by atoms with Crippen molar-refractivity contribution in [3.63, 3.8) is 0 Å². The molecule has 0 saturated carbocycles. The minimum absolute atomic E-state index is 0.322. The number of hydrogen-bond acceptors (Lipinski definition) is 2. The Labute approximate surface area is 124 Å². The van der Waals surface area contributed by atoms with Crippen LogP contribution in [0.1, 0.15) is 21.5 Å². The predicted molar refractivity (Wildman–Crippen MR) is 84.8 cm³/mol. The van der Waals surface area contributed by atoms with E-state index in [1.807, 2.05) is 74.5 Å². The molecule has 0 aliphatic heterocycles. The maximum atomic E-state index is 12.2. The number of carbonyl (C=O) groups is 1. The Bertz CT molecular complexity index is 798. The number of aryl methyl sites for hydroxylation is 2. The van der Waals surface area contributed by atoms with E-state index in [0.717, 1.165) is 21.9 Å². The highest BCUT2D eigenvalue weighted by atomic mass is 16.5. The minimum Gasteiger partial charge on any atom is -0.423 e. The Morgan fingerprint density at radius 2 is 1.48 bits per heavy atom. The van der Waals surface area contributed by atoms with Gasteiger partial charge in [0.2, 0.25) is 0 Å². The van der Waals surface area contributed by atoms with Gasteiger partial charge in [0.05, 0.1) is 5.56 Å². The molecule has 0 bridgehead atoms. The fourth-order valence-electron chi connectivity index (χ4n) is 2.49. The number of fused-ring (bicyclic) bond motifs is 1. The lowest BCUT2D eigenvalue weighted by Crippen LogP contribution is -2.09. The normalized spacial score (nSPS) is 10.6. The molecule has 0 radical (unpaired) electrons. The van der Waals surface area contributed by atoms with Crippen molar-refractivity contribution in [2.45, 2.75) is 13.8 Å². The zero-order valence-electron chi connectivity index (χ0n) is 12.1. The fraction of sp³-hybridized carbons (Fsp3) is 0.105. The molecule has 0 amide bonds. The van der Waals surface area contributed by atoms with E-state index in [1.54, 1.807) is 0 Å². The van der Waals surface area contributed by atoms with Crippen LogP contribution in [0.15, 0.2) is 60.7 Å². The maximum Gasteiger partial charge on any atom is 0.343 e. The Balaban J connectivity index is 1.88. The minimum atomic E-state index is -0.322. The van der Waals surface area contributed by atoms with Crippen molar-refractivity contribution in [2.24, 2.45) is 0 Å². The third-order valence-electron chi connectivity index (χ3n) is 3.39. The number of rotatable bonds is 2. The summed E-state index contributed by atoms with van der Waals surface area (Å²) in [6.07, 6.45) is 0. The van der Waals surface area contributed by atoms with Crippen LogP contribution in [0.2, 0.25) is 0 Å². The van der Waals surface area contributed by atoms with Crippen LogP contribution in [0.3, 0.4) is 0 Å². The van der Waals surface area contributed by atoms with Crippen molar-refractivity contribution in [1.29, 1.82) is 0 Å². The van der Waals surface area contributed by atoms with E-state index >= 15 is 0 Å². The molecule has 2 nitrogen and oxygen atoms in total. The molecule has 0 fully saturated rings. The van der Waals surface area contributed by atoms with Crippen LogP contribution in [0.5, 0.6) is 5.75 Å². The third kappa shape index (κ3) is 2.95. The molecule has 21 heavy (non-hydrogen) atoms. The summed E-state index contributed by atoms with van der Waals surface area (Å²) >= 11 is 0. The Kier molecular flexibility index (Phi) is 3.44. The molecule has 0 atom stereocenters. The molecule has 0 aromatic heterocycles. The van der Waals surface area contributed by atoms with Gasteiger partial charge < -0.3 is 4.74 Å². The van der Waals surface area contributed by atoms with Gasteiger partial charge >= 0.3 is 5.97 Å². The highest BCUT2D eigenvalue weighted by Crippen LogP contribution is 2.21. The Morgan fingerprint density at radius 1 is 0.810 bits per heavy atom. The first-order valence-corrected chi connectivity index (χ1v) is 6.91. The van der Waals surface area contributed by atoms with E-state index in [9.17, 15) is 4.79 Å². The predicted octanol–water partition coefficient (Wildman–Crippen LogP) is 4.68. The summed E-state index contributed by atoms with van der Waals surface area (Å²) in [4.78, 5) is 12.2. The van der Waals surface area contributed by atoms with Crippen molar-refractivity contribution in [3.8, 4) is 5.75 Å². The van der Waals surface area contributed by atoms with Crippen LogP contribution in [0.25, 0.3) is 10.8 Å². The van der Waals surface area contributed by atoms with Crippen LogP contribution in [0.4, 0.5) is 0 Å². The van der Waals surface area contributed by atoms with Crippen molar-refractivity contribution in [3.05, 3.63) is 77.4 Å². The number of carbonyl (C=O) groups excluding carboxylic acids is 1. The number of ether oxygens (including phenoxy) is 1. The van der Waals surface area contributed by atoms with Crippen molar-refractivity contribution in [1.82, 2.24) is 0 Å². The Hall–Kier alpha value is -2.61. The molecule has 0 aliphatic rings. The molecular formula is C19H16O2. The lowest BCUT2D eigenvalue weighted by Gasteiger charge is -2.07. The molecule has 0 N–H and O–H groups in total. The lowest BCUT2D eigenvalue weighted by atomic mass is 10.1. The molecular weight excluding hydrogens is 260 g/mol. The standard InChI is InChI=1S/C19H16O2/c1-13-9-14(2)11-17(10-13)19(20)21-18-8-7-15-5-3-4-6-16(15)12-18/h3-12H,1-2H3. The average molecular weight is 276 g/mol. The second-order valence-corrected chi connectivity index (χ2v) is 5.27. The van der Waals surface area contributed by atoms with Gasteiger partial charge in [0.1, 0.15) is 5.75 Å². The number of esters is 1. The maximum absolute atomic E-state index is 12.2. The molecule has 0 unspecified atom stereocenters. The van der Waals surface area contributed by atoms with Gasteiger partial charge in [-0.1, -0.05) is 47.5 Å². The van der Waals surface area contributed by atoms with E-state index in [4.69, 9.17) is 4.74 Å². The smallest absolute Gasteiger partial charge is 0.343 e. The van der Waals surface area contributed by atoms with Crippen LogP contribution >= 0.6 is 0 Å². The summed E-state index contributed by atoms with van der Waals surface area (Å²) in [6.45, 7) is 3.94. The summed E-state index contributed by atoms with van der Waals surface area (Å²) in [5, 5.41) is 2.19. The van der Waals surface area contributed by atoms with E-state index < -0.39 is 0 Å². The second-order valence-electron chi connectivity index (χ2n) is 5.27. The Morgan fingerprint density at radius 3 is 2.19 bits per heavy atom. The zero-order chi connectivity index (χ0) is 14.8. The lowest BCUT2D eigenvalue weighted by molar-refractivity contribution is 0.0735. The molecule has 0 saturated heterocycles. The number of benzene rings is 3. The molecule has 2 heteroatoms. The van der Waals surface area contributed by atoms with Crippen LogP contribution in [-0.4, -0.2) is 5.97 Å². The quantitative estimate of drug-likeness (QED) is 0.502. The SMILES string of the molecule is Cc1cc(C)cc(C(=O)Oc2ccc3ccccc3c2)c1. The summed E-state index contributed by atoms with van der Waals surface area (Å²) < 4.78 is 5.48. The highest BCUT2D eigenvalue weighted by Gasteiger charge is 2.10. The van der Waals surface area contributed by atoms with E-state index in [0.29, 0.717) is 11.3 Å². The van der Waals surface area contributed by atoms with Crippen LogP contribution in [-0.2, 0) is 0 Å². The van der Waals surface area contributed by atoms with Crippen molar-refractivity contribution in [2.75, 3.05) is 0 Å². The van der Waals surface area contributed by atoms with Gasteiger partial charge in [-0.15, -0.1) is 0 Å². The van der Waals surface area contributed by atoms with Gasteiger partial charge in [-0.3, -0.25) is 0 Å². The van der Waals surface area contributed by atoms with Gasteiger partial charge in [0.25, 0.3) is 0 Å². The van der Waals surface area contributed by atoms with E-state index in [2.05, 4.69) is 0 Å². The molecule has 3 aromatic carbocycles. The first-order chi connectivity index (χ1) is 10.1. The van der Waals surface area contributed by atoms with Gasteiger partial charge in [-0.05, 0) is 48.9 Å². The first-order valence-electron chi connectivity index (χ1n) is 6.91. The molecule has 0 spiro atoms. The summed E-state index contributed by atoms with van der Waals surface area (Å²) in [5.74, 6) is 0.245. The average Bonchev–Trinajstić information content (AvgIpc) is 2.46. The van der Waals surface area contributed by atoms with E-state index in [1.165, 1.54) is 0 Å². The molecule has 0 aliphatic carbocycles. The fourth-order valence-corrected chi connectivity index (χ4v) is 2.49. The number of hydrogen-bond donors (Lipinski definition) is 0. The second kappa shape index (κ2) is 5.41. The largest absolute Gasteiger partial charge is 0.423 e. The first kappa shape index (κ1) is 13.4. The van der Waals surface area contributed by atoms with E-state index in [-0.39, 0.29) is 5.97 Å². The summed E-state index contributed by atoms with van der Waals surface area (Å²) in [7, 11) is 0. The highest BCUT2D eigenvalue weighted by molar-refractivity contribution is 5.92. The zero-order valence-corrected chi connectivity index (χ0v) is 12.1. The monoisotopic (exact) mass is 276 g/mol. The molecule has 3 rings (SSSR count). The van der Waals surface area contributed by atoms with Crippen LogP contribution in [0, 0.1) is 13.8 Å². The van der Waals surface area contributed by atoms with Crippen molar-refractivity contribution >= 4 is 16.7 Å². The summed E-state index contributed by atoms with van der Waals surface area (Å²) in [5.41, 5.74) is 2.70. The van der Waals surface area contributed by atoms with Gasteiger partial charge in [0, 0.05) is 0 Å². The third-order valence-corrected chi connectivity index (χ3v) is 3.39. The topological polar surface area (TPSA) is 26.3 Å². The van der Waals surface area contributed by atoms with Crippen LogP contribution < -0.4 is 4.74 Å². The molecule has 104 valence electrons.